The Morgan fingerprint density at radius 3 is 2.47 bits per heavy atom. The lowest BCUT2D eigenvalue weighted by atomic mass is 9.92. The first-order valence-electron chi connectivity index (χ1n) is 11.7. The van der Waals surface area contributed by atoms with Gasteiger partial charge in [0.25, 0.3) is 5.91 Å². The fourth-order valence-corrected chi connectivity index (χ4v) is 4.12. The molecule has 0 unspecified atom stereocenters. The largest absolute Gasteiger partial charge is 0.494 e. The number of carbonyl (C=O) groups is 2. The number of pyridine rings is 1. The molecule has 0 atom stereocenters. The maximum Gasteiger partial charge on any atom is 0.273 e. The SMILES string of the molecule is CCOc1cc2c(nc1C(=O)NC)C(=N)N(CC(=O)c1cc(N(C)C)c(OC)c(C(C)(C)OC)c1)C2. The summed E-state index contributed by atoms with van der Waals surface area (Å²) in [6, 6.07) is 5.31. The summed E-state index contributed by atoms with van der Waals surface area (Å²) in [7, 11) is 8.49. The van der Waals surface area contributed by atoms with Crippen molar-refractivity contribution in [3.63, 3.8) is 0 Å². The van der Waals surface area contributed by atoms with Crippen LogP contribution >= 0.6 is 0 Å². The second-order valence-corrected chi connectivity index (χ2v) is 9.17. The van der Waals surface area contributed by atoms with E-state index in [9.17, 15) is 9.59 Å². The fourth-order valence-electron chi connectivity index (χ4n) is 4.12. The highest BCUT2D eigenvalue weighted by Crippen LogP contribution is 2.40. The third-order valence-electron chi connectivity index (χ3n) is 6.28. The number of fused-ring (bicyclic) bond motifs is 1. The Balaban J connectivity index is 1.96. The molecule has 0 aliphatic carbocycles. The van der Waals surface area contributed by atoms with Crippen LogP contribution in [0.25, 0.3) is 0 Å². The molecule has 1 aromatic carbocycles. The van der Waals surface area contributed by atoms with E-state index in [2.05, 4.69) is 10.3 Å². The van der Waals surface area contributed by atoms with Crippen molar-refractivity contribution in [3.05, 3.63) is 46.3 Å². The summed E-state index contributed by atoms with van der Waals surface area (Å²) in [5, 5.41) is 11.2. The number of amides is 1. The fraction of sp³-hybridized carbons (Fsp3) is 0.462. The summed E-state index contributed by atoms with van der Waals surface area (Å²) in [6.45, 7) is 6.31. The molecule has 3 rings (SSSR count). The zero-order valence-corrected chi connectivity index (χ0v) is 22.2. The number of methoxy groups -OCH3 is 2. The lowest BCUT2D eigenvalue weighted by Crippen LogP contribution is -2.31. The van der Waals surface area contributed by atoms with Gasteiger partial charge in [0.15, 0.2) is 17.2 Å². The van der Waals surface area contributed by atoms with E-state index in [0.29, 0.717) is 35.9 Å². The molecule has 194 valence electrons. The van der Waals surface area contributed by atoms with E-state index in [1.807, 2.05) is 39.8 Å². The van der Waals surface area contributed by atoms with Crippen molar-refractivity contribution >= 4 is 23.2 Å². The molecule has 0 radical (unpaired) electrons. The Kier molecular flexibility index (Phi) is 7.88. The van der Waals surface area contributed by atoms with Crippen molar-refractivity contribution < 1.29 is 23.8 Å². The molecule has 36 heavy (non-hydrogen) atoms. The molecule has 0 spiro atoms. The Hall–Kier alpha value is -3.66. The Morgan fingerprint density at radius 1 is 1.22 bits per heavy atom. The van der Waals surface area contributed by atoms with E-state index in [1.54, 1.807) is 37.3 Å². The molecule has 0 bridgehead atoms. The predicted octanol–water partition coefficient (Wildman–Crippen LogP) is 2.82. The number of Topliss-reactive ketones (excluding diaryl/α,β-unsaturated/α-hetero) is 1. The van der Waals surface area contributed by atoms with Gasteiger partial charge in [0.2, 0.25) is 0 Å². The van der Waals surface area contributed by atoms with Crippen LogP contribution in [0.15, 0.2) is 18.2 Å². The third kappa shape index (κ3) is 4.99. The normalized spacial score (nSPS) is 12.9. The number of ketones is 1. The highest BCUT2D eigenvalue weighted by atomic mass is 16.5. The van der Waals surface area contributed by atoms with Gasteiger partial charge in [-0.25, -0.2) is 4.98 Å². The molecule has 1 aliphatic rings. The van der Waals surface area contributed by atoms with Crippen LogP contribution in [0, 0.1) is 5.41 Å². The molecular weight excluding hydrogens is 462 g/mol. The van der Waals surface area contributed by atoms with Gasteiger partial charge < -0.3 is 29.3 Å². The van der Waals surface area contributed by atoms with E-state index in [-0.39, 0.29) is 23.9 Å². The van der Waals surface area contributed by atoms with Crippen molar-refractivity contribution in [3.8, 4) is 11.5 Å². The average molecular weight is 498 g/mol. The van der Waals surface area contributed by atoms with Crippen molar-refractivity contribution in [2.75, 3.05) is 53.4 Å². The van der Waals surface area contributed by atoms with Crippen molar-refractivity contribution in [2.45, 2.75) is 32.9 Å². The number of nitrogens with zero attached hydrogens (tertiary/aromatic N) is 3. The average Bonchev–Trinajstić information content (AvgIpc) is 3.15. The Bertz CT molecular complexity index is 1190. The van der Waals surface area contributed by atoms with Gasteiger partial charge in [-0.3, -0.25) is 15.0 Å². The number of benzene rings is 1. The molecule has 2 heterocycles. The van der Waals surface area contributed by atoms with Crippen LogP contribution in [-0.2, 0) is 16.9 Å². The summed E-state index contributed by atoms with van der Waals surface area (Å²) in [6.07, 6.45) is 0. The Labute approximate surface area is 212 Å². The molecule has 1 amide bonds. The van der Waals surface area contributed by atoms with Crippen LogP contribution in [0.3, 0.4) is 0 Å². The van der Waals surface area contributed by atoms with Gasteiger partial charge in [-0.2, -0.15) is 0 Å². The number of rotatable bonds is 10. The van der Waals surface area contributed by atoms with Crippen LogP contribution in [0.2, 0.25) is 0 Å². The van der Waals surface area contributed by atoms with Crippen LogP contribution in [0.4, 0.5) is 5.69 Å². The summed E-state index contributed by atoms with van der Waals surface area (Å²) >= 11 is 0. The second-order valence-electron chi connectivity index (χ2n) is 9.17. The zero-order valence-electron chi connectivity index (χ0n) is 22.2. The van der Waals surface area contributed by atoms with Gasteiger partial charge in [-0.05, 0) is 39.0 Å². The van der Waals surface area contributed by atoms with Crippen molar-refractivity contribution in [1.29, 1.82) is 5.41 Å². The molecule has 0 fully saturated rings. The summed E-state index contributed by atoms with van der Waals surface area (Å²) in [5.41, 5.74) is 2.51. The molecular formula is C26H35N5O5. The number of hydrogen-bond donors (Lipinski definition) is 2. The van der Waals surface area contributed by atoms with Crippen LogP contribution in [0.1, 0.15) is 58.4 Å². The van der Waals surface area contributed by atoms with Gasteiger partial charge in [-0.15, -0.1) is 0 Å². The van der Waals surface area contributed by atoms with Crippen LogP contribution in [-0.4, -0.2) is 75.9 Å². The van der Waals surface area contributed by atoms with Crippen LogP contribution in [0.5, 0.6) is 11.5 Å². The first-order valence-corrected chi connectivity index (χ1v) is 11.7. The van der Waals surface area contributed by atoms with Crippen molar-refractivity contribution in [2.24, 2.45) is 0 Å². The molecule has 0 saturated carbocycles. The molecule has 1 aromatic heterocycles. The quantitative estimate of drug-likeness (QED) is 0.481. The first-order chi connectivity index (χ1) is 17.0. The number of hydrogen-bond acceptors (Lipinski definition) is 8. The predicted molar refractivity (Wildman–Crippen MR) is 138 cm³/mol. The van der Waals surface area contributed by atoms with Crippen LogP contribution < -0.4 is 19.7 Å². The lowest BCUT2D eigenvalue weighted by molar-refractivity contribution is 0.0173. The number of anilines is 1. The molecule has 2 aromatic rings. The van der Waals surface area contributed by atoms with Crippen molar-refractivity contribution in [1.82, 2.24) is 15.2 Å². The maximum absolute atomic E-state index is 13.5. The van der Waals surface area contributed by atoms with Gasteiger partial charge >= 0.3 is 0 Å². The third-order valence-corrected chi connectivity index (χ3v) is 6.28. The summed E-state index contributed by atoms with van der Waals surface area (Å²) in [4.78, 5) is 33.7. The molecule has 1 aliphatic heterocycles. The highest BCUT2D eigenvalue weighted by Gasteiger charge is 2.32. The minimum Gasteiger partial charge on any atom is -0.494 e. The number of amidine groups is 1. The summed E-state index contributed by atoms with van der Waals surface area (Å²) < 4.78 is 17.0. The molecule has 2 N–H and O–H groups in total. The van der Waals surface area contributed by atoms with Gasteiger partial charge in [0.1, 0.15) is 17.3 Å². The maximum atomic E-state index is 13.5. The lowest BCUT2D eigenvalue weighted by Gasteiger charge is -2.29. The van der Waals surface area contributed by atoms with E-state index in [0.717, 1.165) is 16.8 Å². The zero-order chi connectivity index (χ0) is 26.8. The van der Waals surface area contributed by atoms with E-state index in [1.165, 1.54) is 7.05 Å². The first kappa shape index (κ1) is 26.9. The smallest absolute Gasteiger partial charge is 0.273 e. The van der Waals surface area contributed by atoms with Gasteiger partial charge in [0.05, 0.1) is 31.5 Å². The van der Waals surface area contributed by atoms with E-state index < -0.39 is 11.5 Å². The van der Waals surface area contributed by atoms with Gasteiger partial charge in [0, 0.05) is 51.5 Å². The number of carbonyl (C=O) groups excluding carboxylic acids is 2. The highest BCUT2D eigenvalue weighted by molar-refractivity contribution is 6.06. The molecule has 10 heteroatoms. The van der Waals surface area contributed by atoms with E-state index >= 15 is 0 Å². The number of aromatic nitrogens is 1. The van der Waals surface area contributed by atoms with E-state index in [4.69, 9.17) is 19.6 Å². The summed E-state index contributed by atoms with van der Waals surface area (Å²) in [5.74, 6) is 0.521. The van der Waals surface area contributed by atoms with Gasteiger partial charge in [-0.1, -0.05) is 0 Å². The second kappa shape index (κ2) is 10.5. The monoisotopic (exact) mass is 497 g/mol. The minimum absolute atomic E-state index is 0.0273. The minimum atomic E-state index is -0.696. The number of ether oxygens (including phenoxy) is 3. The molecule has 10 nitrogen and oxygen atoms in total. The standard InChI is InChI=1S/C26H35N5O5/c1-9-36-20-12-16-13-31(24(27)21(16)29-22(20)25(33)28-4)14-19(32)15-10-17(26(2,3)35-8)23(34-7)18(11-15)30(5)6/h10-12,27H,9,13-14H2,1-8H3,(H,28,33). The number of nitrogens with one attached hydrogen (secondary N) is 2. The Morgan fingerprint density at radius 2 is 1.92 bits per heavy atom. The topological polar surface area (TPSA) is 117 Å². The molecule has 0 saturated heterocycles.